The van der Waals surface area contributed by atoms with Crippen LogP contribution in [0.4, 0.5) is 0 Å². The molecule has 1 fully saturated rings. The van der Waals surface area contributed by atoms with Crippen molar-refractivity contribution in [3.8, 4) is 17.1 Å². The van der Waals surface area contributed by atoms with Crippen LogP contribution in [0.2, 0.25) is 10.0 Å². The first-order valence-electron chi connectivity index (χ1n) is 11.8. The molecular formula is C27H23Cl2N5O4. The van der Waals surface area contributed by atoms with Gasteiger partial charge in [0, 0.05) is 18.0 Å². The van der Waals surface area contributed by atoms with E-state index in [1.54, 1.807) is 48.8 Å². The number of hydrogen-bond acceptors (Lipinski definition) is 6. The van der Waals surface area contributed by atoms with Crippen LogP contribution in [0.25, 0.3) is 17.1 Å². The number of carbonyl (C=O) groups is 2. The Morgan fingerprint density at radius 3 is 2.39 bits per heavy atom. The number of hydrogen-bond donors (Lipinski definition) is 2. The fraction of sp³-hybridized carbons (Fsp3) is 0.185. The van der Waals surface area contributed by atoms with Crippen LogP contribution in [0.3, 0.4) is 0 Å². The van der Waals surface area contributed by atoms with Crippen LogP contribution in [0.5, 0.6) is 0 Å². The van der Waals surface area contributed by atoms with Gasteiger partial charge in [-0.05, 0) is 42.3 Å². The maximum Gasteiger partial charge on any atom is 0.280 e. The van der Waals surface area contributed by atoms with Gasteiger partial charge in [-0.3, -0.25) is 9.59 Å². The van der Waals surface area contributed by atoms with Crippen LogP contribution in [-0.4, -0.2) is 51.6 Å². The number of rotatable bonds is 8. The molecule has 3 N–H and O–H groups in total. The van der Waals surface area contributed by atoms with Gasteiger partial charge in [0.25, 0.3) is 17.6 Å². The SMILES string of the molecule is NC(=O)C1(C(Cc2ccccc2)NC(=O)c2cccnc2-n2ccc(-c3c(Cl)cccc3Cl)n2)OCCO1. The van der Waals surface area contributed by atoms with E-state index in [0.29, 0.717) is 21.3 Å². The largest absolute Gasteiger partial charge is 0.365 e. The van der Waals surface area contributed by atoms with Crippen molar-refractivity contribution in [1.82, 2.24) is 20.1 Å². The molecule has 1 unspecified atom stereocenters. The van der Waals surface area contributed by atoms with Crippen molar-refractivity contribution >= 4 is 35.0 Å². The van der Waals surface area contributed by atoms with E-state index in [9.17, 15) is 9.59 Å². The van der Waals surface area contributed by atoms with Gasteiger partial charge in [-0.15, -0.1) is 0 Å². The van der Waals surface area contributed by atoms with Gasteiger partial charge in [0.2, 0.25) is 0 Å². The summed E-state index contributed by atoms with van der Waals surface area (Å²) >= 11 is 12.7. The summed E-state index contributed by atoms with van der Waals surface area (Å²) in [6, 6.07) is 18.6. The average Bonchev–Trinajstić information content (AvgIpc) is 3.60. The van der Waals surface area contributed by atoms with Crippen molar-refractivity contribution < 1.29 is 19.1 Å². The first-order chi connectivity index (χ1) is 18.4. The third kappa shape index (κ3) is 5.01. The molecule has 194 valence electrons. The third-order valence-electron chi connectivity index (χ3n) is 6.16. The van der Waals surface area contributed by atoms with Crippen molar-refractivity contribution in [3.63, 3.8) is 0 Å². The summed E-state index contributed by atoms with van der Waals surface area (Å²) in [5.41, 5.74) is 7.87. The zero-order valence-electron chi connectivity index (χ0n) is 20.0. The van der Waals surface area contributed by atoms with Gasteiger partial charge >= 0.3 is 0 Å². The van der Waals surface area contributed by atoms with Crippen LogP contribution < -0.4 is 11.1 Å². The molecule has 1 aliphatic heterocycles. The number of nitrogens with two attached hydrogens (primary N) is 1. The molecule has 3 heterocycles. The van der Waals surface area contributed by atoms with E-state index in [1.807, 2.05) is 30.3 Å². The van der Waals surface area contributed by atoms with Crippen LogP contribution in [-0.2, 0) is 20.7 Å². The highest BCUT2D eigenvalue weighted by atomic mass is 35.5. The Bertz CT molecular complexity index is 1450. The summed E-state index contributed by atoms with van der Waals surface area (Å²) in [4.78, 5) is 30.6. The smallest absolute Gasteiger partial charge is 0.280 e. The molecule has 1 atom stereocenters. The van der Waals surface area contributed by atoms with Crippen LogP contribution >= 0.6 is 23.2 Å². The van der Waals surface area contributed by atoms with Crippen molar-refractivity contribution in [1.29, 1.82) is 0 Å². The first kappa shape index (κ1) is 25.9. The summed E-state index contributed by atoms with van der Waals surface area (Å²) in [6.45, 7) is 0.339. The number of pyridine rings is 1. The molecule has 4 aromatic rings. The van der Waals surface area contributed by atoms with Crippen molar-refractivity contribution in [2.75, 3.05) is 13.2 Å². The molecule has 11 heteroatoms. The molecule has 38 heavy (non-hydrogen) atoms. The minimum atomic E-state index is -1.81. The Morgan fingerprint density at radius 2 is 1.71 bits per heavy atom. The molecule has 1 saturated heterocycles. The van der Waals surface area contributed by atoms with Crippen molar-refractivity contribution in [2.45, 2.75) is 18.2 Å². The molecule has 9 nitrogen and oxygen atoms in total. The highest BCUT2D eigenvalue weighted by Crippen LogP contribution is 2.34. The van der Waals surface area contributed by atoms with E-state index in [2.05, 4.69) is 15.4 Å². The van der Waals surface area contributed by atoms with Gasteiger partial charge in [0.05, 0.1) is 40.6 Å². The monoisotopic (exact) mass is 551 g/mol. The Hall–Kier alpha value is -3.76. The summed E-state index contributed by atoms with van der Waals surface area (Å²) in [6.07, 6.45) is 3.44. The molecule has 0 bridgehead atoms. The molecule has 0 saturated carbocycles. The maximum atomic E-state index is 13.6. The van der Waals surface area contributed by atoms with Crippen LogP contribution in [0, 0.1) is 0 Å². The fourth-order valence-electron chi connectivity index (χ4n) is 4.38. The summed E-state index contributed by atoms with van der Waals surface area (Å²) in [5, 5.41) is 8.35. The lowest BCUT2D eigenvalue weighted by Gasteiger charge is -2.33. The maximum absolute atomic E-state index is 13.6. The highest BCUT2D eigenvalue weighted by Gasteiger charge is 2.51. The van der Waals surface area contributed by atoms with E-state index >= 15 is 0 Å². The second kappa shape index (κ2) is 10.9. The Morgan fingerprint density at radius 1 is 1.00 bits per heavy atom. The number of nitrogens with one attached hydrogen (secondary N) is 1. The summed E-state index contributed by atoms with van der Waals surface area (Å²) in [7, 11) is 0. The quantitative estimate of drug-likeness (QED) is 0.343. The van der Waals surface area contributed by atoms with Gasteiger partial charge in [-0.25, -0.2) is 9.67 Å². The number of aromatic nitrogens is 3. The molecule has 2 aromatic carbocycles. The Labute approximate surface area is 228 Å². The number of halogens is 2. The van der Waals surface area contributed by atoms with Gasteiger partial charge < -0.3 is 20.5 Å². The van der Waals surface area contributed by atoms with E-state index < -0.39 is 23.6 Å². The van der Waals surface area contributed by atoms with Gasteiger partial charge in [-0.1, -0.05) is 59.6 Å². The molecule has 0 aliphatic carbocycles. The number of nitrogens with zero attached hydrogens (tertiary/aromatic N) is 3. The van der Waals surface area contributed by atoms with Crippen LogP contribution in [0.1, 0.15) is 15.9 Å². The Balaban J connectivity index is 1.48. The lowest BCUT2D eigenvalue weighted by molar-refractivity contribution is -0.189. The van der Waals surface area contributed by atoms with Gasteiger partial charge in [-0.2, -0.15) is 5.10 Å². The van der Waals surface area contributed by atoms with E-state index in [-0.39, 0.29) is 31.0 Å². The molecule has 0 radical (unpaired) electrons. The molecule has 2 amide bonds. The third-order valence-corrected chi connectivity index (χ3v) is 6.79. The predicted molar refractivity (Wildman–Crippen MR) is 142 cm³/mol. The van der Waals surface area contributed by atoms with Gasteiger partial charge in [0.1, 0.15) is 0 Å². The fourth-order valence-corrected chi connectivity index (χ4v) is 4.98. The minimum Gasteiger partial charge on any atom is -0.365 e. The van der Waals surface area contributed by atoms with Gasteiger partial charge in [0.15, 0.2) is 5.82 Å². The summed E-state index contributed by atoms with van der Waals surface area (Å²) in [5.74, 6) is -2.88. The standard InChI is InChI=1S/C27H23Cl2N5O4/c28-19-9-4-10-20(29)23(19)21-11-13-34(33-21)24-18(8-5-12-31-24)25(35)32-22(16-17-6-2-1-3-7-17)27(26(30)36)37-14-15-38-27/h1-13,22H,14-16H2,(H2,30,36)(H,32,35). The highest BCUT2D eigenvalue weighted by molar-refractivity contribution is 6.39. The first-order valence-corrected chi connectivity index (χ1v) is 12.5. The Kier molecular flexibility index (Phi) is 7.44. The normalized spacial score (nSPS) is 15.2. The van der Waals surface area contributed by atoms with Crippen molar-refractivity contribution in [3.05, 3.63) is 100 Å². The van der Waals surface area contributed by atoms with E-state index in [0.717, 1.165) is 5.56 Å². The number of amides is 2. The molecular weight excluding hydrogens is 529 g/mol. The zero-order valence-corrected chi connectivity index (χ0v) is 21.5. The molecule has 5 rings (SSSR count). The summed E-state index contributed by atoms with van der Waals surface area (Å²) < 4.78 is 12.8. The molecule has 1 aliphatic rings. The van der Waals surface area contributed by atoms with Crippen molar-refractivity contribution in [2.24, 2.45) is 5.73 Å². The average molecular weight is 552 g/mol. The van der Waals surface area contributed by atoms with Crippen LogP contribution in [0.15, 0.2) is 79.1 Å². The number of ether oxygens (including phenoxy) is 2. The number of carbonyl (C=O) groups excluding carboxylic acids is 2. The van der Waals surface area contributed by atoms with E-state index in [1.165, 1.54) is 4.68 Å². The molecule has 0 spiro atoms. The minimum absolute atomic E-state index is 0.170. The van der Waals surface area contributed by atoms with E-state index in [4.69, 9.17) is 38.4 Å². The predicted octanol–water partition coefficient (Wildman–Crippen LogP) is 3.81. The molecule has 2 aromatic heterocycles. The lowest BCUT2D eigenvalue weighted by atomic mass is 9.97. The topological polar surface area (TPSA) is 121 Å². The lowest BCUT2D eigenvalue weighted by Crippen LogP contribution is -2.61. The second-order valence-corrected chi connectivity index (χ2v) is 9.38. The number of benzene rings is 2. The second-order valence-electron chi connectivity index (χ2n) is 8.56. The zero-order chi connectivity index (χ0) is 26.7. The number of primary amides is 1.